The van der Waals surface area contributed by atoms with E-state index in [4.69, 9.17) is 4.74 Å². The van der Waals surface area contributed by atoms with Gasteiger partial charge in [0.1, 0.15) is 17.3 Å². The van der Waals surface area contributed by atoms with Crippen molar-refractivity contribution in [3.8, 4) is 5.88 Å². The quantitative estimate of drug-likeness (QED) is 0.332. The number of carboxylic acid groups (broad SMARTS) is 1. The van der Waals surface area contributed by atoms with Gasteiger partial charge in [0.05, 0.1) is 17.4 Å². The van der Waals surface area contributed by atoms with Crippen LogP contribution in [-0.4, -0.2) is 50.1 Å². The smallest absolute Gasteiger partial charge is 0.329 e. The minimum Gasteiger partial charge on any atom is -0.479 e. The highest BCUT2D eigenvalue weighted by Crippen LogP contribution is 2.53. The Balaban J connectivity index is 1.21. The number of halogens is 2. The minimum atomic E-state index is -3.47. The third-order valence-electron chi connectivity index (χ3n) is 11.6. The molecule has 2 aromatic heterocycles. The Morgan fingerprint density at radius 3 is 2.50 bits per heavy atom. The summed E-state index contributed by atoms with van der Waals surface area (Å²) in [6, 6.07) is 2.04. The molecule has 2 bridgehead atoms. The second-order valence-corrected chi connectivity index (χ2v) is 15.0. The molecule has 1 amide bonds. The van der Waals surface area contributed by atoms with Crippen LogP contribution in [0.3, 0.4) is 0 Å². The van der Waals surface area contributed by atoms with Gasteiger partial charge >= 0.3 is 5.97 Å². The third kappa shape index (κ3) is 5.51. The summed E-state index contributed by atoms with van der Waals surface area (Å²) in [6.45, 7) is 3.33. The number of alkyl halides is 2. The number of carbonyl (C=O) groups excluding carboxylic acids is 1. The molecule has 4 unspecified atom stereocenters. The van der Waals surface area contributed by atoms with Crippen LogP contribution in [0.2, 0.25) is 0 Å². The number of rotatable bonds is 7. The average molecular weight is 638 g/mol. The summed E-state index contributed by atoms with van der Waals surface area (Å²) in [5.41, 5.74) is -0.920. The Bertz CT molecular complexity index is 1500. The van der Waals surface area contributed by atoms with Crippen molar-refractivity contribution >= 4 is 23.5 Å². The molecule has 46 heavy (non-hydrogen) atoms. The first kappa shape index (κ1) is 31.2. The first-order chi connectivity index (χ1) is 22.0. The minimum absolute atomic E-state index is 0.0815. The van der Waals surface area contributed by atoms with Gasteiger partial charge in [0.2, 0.25) is 11.8 Å². The molecule has 2 N–H and O–H groups in total. The van der Waals surface area contributed by atoms with Gasteiger partial charge in [-0.1, -0.05) is 32.6 Å². The highest BCUT2D eigenvalue weighted by molar-refractivity contribution is 5.99. The number of aromatic nitrogens is 3. The molecule has 7 rings (SSSR count). The third-order valence-corrected chi connectivity index (χ3v) is 11.6. The molecule has 3 heterocycles. The van der Waals surface area contributed by atoms with Gasteiger partial charge in [0.25, 0.3) is 11.8 Å². The zero-order valence-electron chi connectivity index (χ0n) is 26.9. The number of fused-ring (bicyclic) bond motifs is 4. The molecule has 4 aliphatic carbocycles. The molecule has 4 atom stereocenters. The molecule has 0 aromatic carbocycles. The van der Waals surface area contributed by atoms with Gasteiger partial charge in [-0.2, -0.15) is 8.78 Å². The topological polar surface area (TPSA) is 118 Å². The van der Waals surface area contributed by atoms with Crippen molar-refractivity contribution in [2.75, 3.05) is 11.4 Å². The van der Waals surface area contributed by atoms with Crippen molar-refractivity contribution in [1.82, 2.24) is 20.3 Å². The fraction of sp³-hybridized carbons (Fsp3) is 0.686. The summed E-state index contributed by atoms with van der Waals surface area (Å²) in [7, 11) is 0. The summed E-state index contributed by atoms with van der Waals surface area (Å²) in [6.07, 6.45) is 16.4. The lowest BCUT2D eigenvalue weighted by atomic mass is 9.71. The molecule has 11 heteroatoms. The van der Waals surface area contributed by atoms with E-state index in [0.717, 1.165) is 81.7 Å². The number of hydrogen-bond acceptors (Lipinski definition) is 7. The van der Waals surface area contributed by atoms with Crippen LogP contribution in [0.5, 0.6) is 5.88 Å². The van der Waals surface area contributed by atoms with Gasteiger partial charge in [-0.3, -0.25) is 4.79 Å². The fourth-order valence-corrected chi connectivity index (χ4v) is 9.47. The molecular weight excluding hydrogens is 592 g/mol. The van der Waals surface area contributed by atoms with E-state index in [1.807, 2.05) is 11.0 Å². The molecule has 9 nitrogen and oxygen atoms in total. The Morgan fingerprint density at radius 1 is 1.04 bits per heavy atom. The molecule has 1 aliphatic heterocycles. The summed E-state index contributed by atoms with van der Waals surface area (Å²) >= 11 is 0. The second-order valence-electron chi connectivity index (χ2n) is 15.0. The Morgan fingerprint density at radius 2 is 1.78 bits per heavy atom. The van der Waals surface area contributed by atoms with Crippen molar-refractivity contribution in [1.29, 1.82) is 0 Å². The monoisotopic (exact) mass is 637 g/mol. The number of nitrogens with zero attached hydrogens (tertiary/aromatic N) is 4. The van der Waals surface area contributed by atoms with E-state index in [0.29, 0.717) is 44.5 Å². The van der Waals surface area contributed by atoms with Crippen molar-refractivity contribution < 1.29 is 28.2 Å². The van der Waals surface area contributed by atoms with Crippen LogP contribution >= 0.6 is 0 Å². The van der Waals surface area contributed by atoms with E-state index < -0.39 is 34.6 Å². The molecule has 4 saturated carbocycles. The van der Waals surface area contributed by atoms with Gasteiger partial charge < -0.3 is 20.1 Å². The van der Waals surface area contributed by atoms with Gasteiger partial charge in [0.15, 0.2) is 0 Å². The number of aliphatic carboxylic acids is 1. The maximum absolute atomic E-state index is 15.3. The highest BCUT2D eigenvalue weighted by atomic mass is 19.3. The normalized spacial score (nSPS) is 29.0. The van der Waals surface area contributed by atoms with Crippen molar-refractivity contribution in [2.24, 2.45) is 17.8 Å². The molecule has 2 aromatic rings. The number of carbonyl (C=O) groups is 2. The Hall–Kier alpha value is -3.37. The van der Waals surface area contributed by atoms with E-state index in [9.17, 15) is 14.7 Å². The van der Waals surface area contributed by atoms with E-state index in [2.05, 4.69) is 27.2 Å². The molecule has 1 spiro atoms. The molecule has 0 saturated heterocycles. The zero-order valence-corrected chi connectivity index (χ0v) is 26.9. The number of amides is 1. The van der Waals surface area contributed by atoms with Gasteiger partial charge in [-0.15, -0.1) is 0 Å². The zero-order chi connectivity index (χ0) is 32.3. The van der Waals surface area contributed by atoms with Crippen LogP contribution in [0.4, 0.5) is 20.4 Å². The average Bonchev–Trinajstić information content (AvgIpc) is 3.47. The van der Waals surface area contributed by atoms with Crippen molar-refractivity contribution in [2.45, 2.75) is 127 Å². The maximum atomic E-state index is 15.3. The van der Waals surface area contributed by atoms with E-state index in [1.54, 1.807) is 6.20 Å². The lowest BCUT2D eigenvalue weighted by molar-refractivity contribution is -0.146. The van der Waals surface area contributed by atoms with Gasteiger partial charge in [-0.05, 0) is 87.5 Å². The lowest BCUT2D eigenvalue weighted by Crippen LogP contribution is -2.57. The first-order valence-electron chi connectivity index (χ1n) is 17.2. The SMILES string of the molecule is CC1CC2CC(C1)C(NC(=O)c1cnc(N3CC4(CCCCC4)c4cc(OC5CCCCC5)ncc43)nc1C(C)(F)F)(C(=O)O)C2. The fourth-order valence-electron chi connectivity index (χ4n) is 9.47. The number of ether oxygens (including phenoxy) is 1. The van der Waals surface area contributed by atoms with Crippen LogP contribution < -0.4 is 15.0 Å². The number of anilines is 2. The largest absolute Gasteiger partial charge is 0.479 e. The van der Waals surface area contributed by atoms with E-state index >= 15 is 8.78 Å². The van der Waals surface area contributed by atoms with Crippen LogP contribution in [0.25, 0.3) is 0 Å². The Kier molecular flexibility index (Phi) is 7.95. The van der Waals surface area contributed by atoms with Crippen LogP contribution in [0.15, 0.2) is 18.5 Å². The predicted octanol–water partition coefficient (Wildman–Crippen LogP) is 7.06. The van der Waals surface area contributed by atoms with Crippen LogP contribution in [0.1, 0.15) is 125 Å². The van der Waals surface area contributed by atoms with Crippen molar-refractivity contribution in [3.05, 3.63) is 35.3 Å². The second kappa shape index (κ2) is 11.7. The van der Waals surface area contributed by atoms with Crippen LogP contribution in [-0.2, 0) is 16.1 Å². The first-order valence-corrected chi connectivity index (χ1v) is 17.2. The summed E-state index contributed by atoms with van der Waals surface area (Å²) < 4.78 is 36.8. The van der Waals surface area contributed by atoms with Crippen molar-refractivity contribution in [3.63, 3.8) is 0 Å². The summed E-state index contributed by atoms with van der Waals surface area (Å²) in [4.78, 5) is 41.7. The molecule has 248 valence electrons. The highest BCUT2D eigenvalue weighted by Gasteiger charge is 2.56. The summed E-state index contributed by atoms with van der Waals surface area (Å²) in [5.74, 6) is -4.50. The molecule has 0 radical (unpaired) electrons. The predicted molar refractivity (Wildman–Crippen MR) is 168 cm³/mol. The summed E-state index contributed by atoms with van der Waals surface area (Å²) in [5, 5.41) is 13.0. The number of pyridine rings is 1. The molecule has 5 aliphatic rings. The van der Waals surface area contributed by atoms with Gasteiger partial charge in [0, 0.05) is 31.1 Å². The number of hydrogen-bond donors (Lipinski definition) is 2. The number of nitrogens with one attached hydrogen (secondary N) is 1. The maximum Gasteiger partial charge on any atom is 0.329 e. The Labute approximate surface area is 268 Å². The van der Waals surface area contributed by atoms with Crippen LogP contribution in [0, 0.1) is 17.8 Å². The number of carboxylic acids is 1. The van der Waals surface area contributed by atoms with E-state index in [-0.39, 0.29) is 29.3 Å². The lowest BCUT2D eigenvalue weighted by Gasteiger charge is -2.34. The van der Waals surface area contributed by atoms with E-state index in [1.165, 1.54) is 6.42 Å². The van der Waals surface area contributed by atoms with Gasteiger partial charge in [-0.25, -0.2) is 19.7 Å². The molecular formula is C35H45F2N5O4. The standard InChI is InChI=1S/C35H45F2N5O4/c1-21-13-22-15-23(14-21)35(17-22,31(44)45)41-30(43)25-18-39-32(40-29(25)33(2,36)37)42-20-34(11-7-4-8-12-34)26-16-28(38-19-27(26)42)46-24-9-5-3-6-10-24/h16,18-19,21-24H,3-15,17,20H2,1-2H3,(H,41,43)(H,44,45). The molecule has 4 fully saturated rings.